The van der Waals surface area contributed by atoms with E-state index in [0.717, 1.165) is 180 Å². The maximum Gasteiger partial charge on any atom is 0.472 e. The van der Waals surface area contributed by atoms with Gasteiger partial charge >= 0.3 is 33.6 Å². The molecule has 0 aromatic rings. The molecule has 0 rings (SSSR count). The van der Waals surface area contributed by atoms with Gasteiger partial charge in [-0.3, -0.25) is 32.5 Å². The maximum absolute atomic E-state index is 13.0. The predicted octanol–water partition coefficient (Wildman–Crippen LogP) is 22.9. The summed E-state index contributed by atoms with van der Waals surface area (Å²) in [5, 5.41) is 20.6. The normalized spacial score (nSPS) is 14.8. The van der Waals surface area contributed by atoms with Crippen LogP contribution in [0, 0.1) is 0 Å². The van der Waals surface area contributed by atoms with Gasteiger partial charge in [0.25, 0.3) is 0 Å². The zero-order valence-corrected chi connectivity index (χ0v) is 64.8. The number of aliphatic hydroxyl groups excluding tert-OH is 2. The molecule has 0 saturated carbocycles. The van der Waals surface area contributed by atoms with E-state index < -0.39 is 91.5 Å². The van der Waals surface area contributed by atoms with Gasteiger partial charge in [-0.05, 0) is 148 Å². The number of unbranched alkanes of at least 4 members (excludes halogenated alkanes) is 26. The largest absolute Gasteiger partial charge is 0.472 e. The zero-order chi connectivity index (χ0) is 73.7. The number of esters is 3. The monoisotopic (exact) mass is 1450 g/mol. The lowest BCUT2D eigenvalue weighted by Gasteiger charge is -2.21. The number of hydrogen-bond donors (Lipinski definition) is 4. The Morgan fingerprint density at radius 3 is 0.832 bits per heavy atom. The Morgan fingerprint density at radius 2 is 0.525 bits per heavy atom. The van der Waals surface area contributed by atoms with Crippen LogP contribution in [0.15, 0.2) is 146 Å². The van der Waals surface area contributed by atoms with Gasteiger partial charge in [0.1, 0.15) is 25.4 Å². The van der Waals surface area contributed by atoms with Gasteiger partial charge in [0.05, 0.1) is 26.4 Å². The topological polar surface area (TPSA) is 231 Å². The second kappa shape index (κ2) is 75.1. The minimum atomic E-state index is -4.94. The fourth-order valence-electron chi connectivity index (χ4n) is 10.1. The third-order valence-corrected chi connectivity index (χ3v) is 17.9. The van der Waals surface area contributed by atoms with Gasteiger partial charge in [-0.15, -0.1) is 0 Å². The van der Waals surface area contributed by atoms with E-state index in [-0.39, 0.29) is 19.3 Å². The molecule has 4 N–H and O–H groups in total. The SMILES string of the molecule is CC/C=C\C/C=C\C/C=C\C/C=C\C/C=C\C/C=C\CCCCCCCCCCC(=O)OCC(O)COP(=O)(O)OCC(O)COP(=O)(O)OCC(COC(=O)CCCCCCCCC/C=C\C/C=C\C/C=C\C/C=C\CCCCC)OC(=O)CCCCCCC/C=C\C/C=C\CCCCC. The fraction of sp³-hybridized carbons (Fsp3) is 0.675. The summed E-state index contributed by atoms with van der Waals surface area (Å²) in [6, 6.07) is 0. The van der Waals surface area contributed by atoms with Crippen LogP contribution in [0.2, 0.25) is 0 Å². The Hall–Kier alpha value is -4.57. The number of carbonyl (C=O) groups is 3. The highest BCUT2D eigenvalue weighted by molar-refractivity contribution is 7.47. The highest BCUT2D eigenvalue weighted by atomic mass is 31.2. The summed E-state index contributed by atoms with van der Waals surface area (Å²) in [6.07, 6.45) is 91.7. The van der Waals surface area contributed by atoms with Gasteiger partial charge in [0, 0.05) is 19.3 Å². The van der Waals surface area contributed by atoms with Crippen LogP contribution in [0.5, 0.6) is 0 Å². The first kappa shape index (κ1) is 96.4. The molecule has 0 amide bonds. The third kappa shape index (κ3) is 76.4. The molecule has 0 spiro atoms. The van der Waals surface area contributed by atoms with Gasteiger partial charge in [-0.1, -0.05) is 282 Å². The van der Waals surface area contributed by atoms with Crippen LogP contribution in [-0.2, 0) is 55.8 Å². The minimum Gasteiger partial charge on any atom is -0.463 e. The minimum absolute atomic E-state index is 0.0825. The Kier molecular flexibility index (Phi) is 71.7. The van der Waals surface area contributed by atoms with Crippen molar-refractivity contribution in [1.29, 1.82) is 0 Å². The molecule has 18 heteroatoms. The molecule has 0 bridgehead atoms. The van der Waals surface area contributed by atoms with E-state index >= 15 is 0 Å². The lowest BCUT2D eigenvalue weighted by Crippen LogP contribution is -2.30. The van der Waals surface area contributed by atoms with Crippen molar-refractivity contribution in [2.75, 3.05) is 39.6 Å². The van der Waals surface area contributed by atoms with E-state index in [4.69, 9.17) is 32.3 Å². The molecule has 101 heavy (non-hydrogen) atoms. The van der Waals surface area contributed by atoms with E-state index in [9.17, 15) is 43.5 Å². The number of allylic oxidation sites excluding steroid dienone is 24. The standard InChI is InChI=1S/C83H140O16P2/c1-4-7-10-13-16-19-22-25-28-30-32-34-36-37-38-39-41-43-44-46-49-51-54-57-60-63-66-69-81(86)93-72-78(84)73-95-100(89,90)96-74-79(85)75-97-101(91,92)98-77-80(99-83(88)71-68-65-62-59-56-53-48-27-24-21-18-15-12-9-6-3)76-94-82(87)70-67-64-61-58-55-52-50-47-45-42-40-35-33-31-29-26-23-20-17-14-11-8-5-2/h7,10,16-21,25-29,32-35,37-38,41-43,45,48,78-80,84-85H,4-6,8-9,11-15,22-24,30-31,36,39-40,44,46-47,49-77H2,1-3H3,(H,89,90)(H,91,92)/b10-7-,19-16-,20-17-,21-18-,28-25-,29-26-,34-32-,35-33-,38-37-,43-41-,45-42-,48-27-. The van der Waals surface area contributed by atoms with E-state index in [0.29, 0.717) is 19.3 Å². The molecule has 0 heterocycles. The van der Waals surface area contributed by atoms with Gasteiger partial charge in [0.2, 0.25) is 0 Å². The molecule has 0 aliphatic carbocycles. The number of phosphoric ester groups is 2. The number of phosphoric acid groups is 2. The Balaban J connectivity index is 4.61. The molecule has 0 radical (unpaired) electrons. The molecule has 0 aliphatic rings. The number of ether oxygens (including phenoxy) is 3. The Morgan fingerprint density at radius 1 is 0.287 bits per heavy atom. The van der Waals surface area contributed by atoms with E-state index in [1.54, 1.807) is 0 Å². The summed E-state index contributed by atoms with van der Waals surface area (Å²) in [7, 11) is -9.80. The molecular weight excluding hydrogens is 1310 g/mol. The molecule has 5 unspecified atom stereocenters. The Labute approximate surface area is 613 Å². The smallest absolute Gasteiger partial charge is 0.463 e. The fourth-order valence-corrected chi connectivity index (χ4v) is 11.6. The molecule has 16 nitrogen and oxygen atoms in total. The second-order valence-corrected chi connectivity index (χ2v) is 28.7. The highest BCUT2D eigenvalue weighted by Gasteiger charge is 2.29. The van der Waals surface area contributed by atoms with Crippen molar-refractivity contribution in [3.05, 3.63) is 146 Å². The molecular formula is C83H140O16P2. The van der Waals surface area contributed by atoms with E-state index in [1.165, 1.54) is 64.2 Å². The first-order valence-corrected chi connectivity index (χ1v) is 42.1. The van der Waals surface area contributed by atoms with Gasteiger partial charge in [-0.2, -0.15) is 0 Å². The molecule has 0 saturated heterocycles. The lowest BCUT2D eigenvalue weighted by atomic mass is 10.1. The van der Waals surface area contributed by atoms with Crippen molar-refractivity contribution in [1.82, 2.24) is 0 Å². The summed E-state index contributed by atoms with van der Waals surface area (Å²) in [5.41, 5.74) is 0. The summed E-state index contributed by atoms with van der Waals surface area (Å²) >= 11 is 0. The molecule has 0 fully saturated rings. The second-order valence-electron chi connectivity index (χ2n) is 25.8. The molecule has 5 atom stereocenters. The first-order valence-electron chi connectivity index (χ1n) is 39.1. The number of hydrogen-bond acceptors (Lipinski definition) is 14. The quantitative estimate of drug-likeness (QED) is 0.0146. The average molecular weight is 1460 g/mol. The van der Waals surface area contributed by atoms with Crippen LogP contribution < -0.4 is 0 Å². The van der Waals surface area contributed by atoms with Crippen LogP contribution in [0.1, 0.15) is 303 Å². The summed E-state index contributed by atoms with van der Waals surface area (Å²) in [4.78, 5) is 58.6. The van der Waals surface area contributed by atoms with Crippen molar-refractivity contribution < 1.29 is 75.8 Å². The van der Waals surface area contributed by atoms with Crippen molar-refractivity contribution in [2.45, 2.75) is 322 Å². The van der Waals surface area contributed by atoms with E-state index in [2.05, 4.69) is 167 Å². The lowest BCUT2D eigenvalue weighted by molar-refractivity contribution is -0.161. The molecule has 0 aliphatic heterocycles. The maximum atomic E-state index is 13.0. The van der Waals surface area contributed by atoms with Crippen LogP contribution in [0.25, 0.3) is 0 Å². The number of rotatable bonds is 73. The number of aliphatic hydroxyl groups is 2. The predicted molar refractivity (Wildman–Crippen MR) is 417 cm³/mol. The van der Waals surface area contributed by atoms with Crippen molar-refractivity contribution in [3.8, 4) is 0 Å². The third-order valence-electron chi connectivity index (χ3n) is 16.0. The molecule has 0 aromatic heterocycles. The van der Waals surface area contributed by atoms with Gasteiger partial charge in [0.15, 0.2) is 6.10 Å². The highest BCUT2D eigenvalue weighted by Crippen LogP contribution is 2.45. The molecule has 578 valence electrons. The van der Waals surface area contributed by atoms with E-state index in [1.807, 2.05) is 0 Å². The first-order chi connectivity index (χ1) is 49.2. The Bertz CT molecular complexity index is 2420. The van der Waals surface area contributed by atoms with Crippen LogP contribution in [-0.4, -0.2) is 95.9 Å². The van der Waals surface area contributed by atoms with Gasteiger partial charge in [-0.25, -0.2) is 9.13 Å². The van der Waals surface area contributed by atoms with Crippen molar-refractivity contribution in [3.63, 3.8) is 0 Å². The summed E-state index contributed by atoms with van der Waals surface area (Å²) in [6.45, 7) is 2.47. The van der Waals surface area contributed by atoms with Crippen LogP contribution in [0.4, 0.5) is 0 Å². The van der Waals surface area contributed by atoms with Crippen LogP contribution in [0.3, 0.4) is 0 Å². The molecule has 0 aromatic carbocycles. The van der Waals surface area contributed by atoms with Crippen molar-refractivity contribution >= 4 is 33.6 Å². The summed E-state index contributed by atoms with van der Waals surface area (Å²) < 4.78 is 61.1. The van der Waals surface area contributed by atoms with Gasteiger partial charge < -0.3 is 34.2 Å². The average Bonchev–Trinajstić information content (AvgIpc) is 0.951. The van der Waals surface area contributed by atoms with Crippen LogP contribution >= 0.6 is 15.6 Å². The summed E-state index contributed by atoms with van der Waals surface area (Å²) in [5.74, 6) is -1.61. The zero-order valence-electron chi connectivity index (χ0n) is 63.0. The van der Waals surface area contributed by atoms with Crippen molar-refractivity contribution in [2.24, 2.45) is 0 Å². The number of carbonyl (C=O) groups excluding carboxylic acids is 3.